The fourth-order valence-electron chi connectivity index (χ4n) is 2.16. The number of thioether (sulfide) groups is 1. The number of aromatic nitrogens is 4. The highest BCUT2D eigenvalue weighted by Gasteiger charge is 2.20. The van der Waals surface area contributed by atoms with Gasteiger partial charge in [0.05, 0.1) is 11.8 Å². The molecule has 6 nitrogen and oxygen atoms in total. The lowest BCUT2D eigenvalue weighted by Gasteiger charge is -2.17. The fraction of sp³-hybridized carbons (Fsp3) is 0.455. The van der Waals surface area contributed by atoms with Gasteiger partial charge in [0.25, 0.3) is 0 Å². The number of nitrogens with zero attached hydrogens (tertiary/aromatic N) is 5. The molecule has 0 amide bonds. The van der Waals surface area contributed by atoms with E-state index in [0.717, 1.165) is 25.3 Å². The van der Waals surface area contributed by atoms with Crippen molar-refractivity contribution in [2.75, 3.05) is 24.2 Å². The minimum absolute atomic E-state index is 0.508. The number of hydrogen-bond donors (Lipinski definition) is 0. The maximum atomic E-state index is 11.0. The Balaban J connectivity index is 2.21. The predicted octanol–water partition coefficient (Wildman–Crippen LogP) is 1.26. The Hall–Kier alpha value is -1.63. The molecule has 1 saturated heterocycles. The molecule has 0 unspecified atom stereocenters. The summed E-state index contributed by atoms with van der Waals surface area (Å²) in [6.45, 7) is 1.96. The van der Waals surface area contributed by atoms with Crippen LogP contribution in [0.4, 0.5) is 5.95 Å². The van der Waals surface area contributed by atoms with E-state index in [4.69, 9.17) is 0 Å². The Labute approximate surface area is 108 Å². The molecule has 2 aromatic heterocycles. The molecular weight excluding hydrogens is 250 g/mol. The number of rotatable bonds is 3. The average molecular weight is 263 g/mol. The smallest absolute Gasteiger partial charge is 0.231 e. The summed E-state index contributed by atoms with van der Waals surface area (Å²) < 4.78 is 1.66. The van der Waals surface area contributed by atoms with Gasteiger partial charge >= 0.3 is 0 Å². The molecule has 2 aromatic rings. The zero-order valence-electron chi connectivity index (χ0n) is 10.0. The van der Waals surface area contributed by atoms with Crippen LogP contribution in [0.3, 0.4) is 0 Å². The molecule has 1 aliphatic rings. The van der Waals surface area contributed by atoms with Gasteiger partial charge in [-0.2, -0.15) is 14.6 Å². The van der Waals surface area contributed by atoms with Gasteiger partial charge in [-0.25, -0.2) is 4.98 Å². The Morgan fingerprint density at radius 1 is 1.33 bits per heavy atom. The van der Waals surface area contributed by atoms with E-state index in [2.05, 4.69) is 20.0 Å². The van der Waals surface area contributed by atoms with Crippen LogP contribution in [0.2, 0.25) is 0 Å². The van der Waals surface area contributed by atoms with Crippen LogP contribution in [0.1, 0.15) is 23.2 Å². The summed E-state index contributed by atoms with van der Waals surface area (Å²) in [4.78, 5) is 22.0. The second-order valence-corrected chi connectivity index (χ2v) is 4.93. The highest BCUT2D eigenvalue weighted by molar-refractivity contribution is 7.98. The van der Waals surface area contributed by atoms with Crippen molar-refractivity contribution >= 4 is 29.6 Å². The van der Waals surface area contributed by atoms with E-state index in [1.807, 2.05) is 6.26 Å². The van der Waals surface area contributed by atoms with E-state index in [-0.39, 0.29) is 0 Å². The first kappa shape index (κ1) is 11.5. The quantitative estimate of drug-likeness (QED) is 0.613. The molecule has 94 valence electrons. The van der Waals surface area contributed by atoms with E-state index in [1.165, 1.54) is 24.6 Å². The van der Waals surface area contributed by atoms with Crippen LogP contribution < -0.4 is 4.90 Å². The van der Waals surface area contributed by atoms with Gasteiger partial charge in [-0.05, 0) is 19.1 Å². The predicted molar refractivity (Wildman–Crippen MR) is 69.4 cm³/mol. The second kappa shape index (κ2) is 4.56. The molecular formula is C11H13N5OS. The number of anilines is 1. The average Bonchev–Trinajstić information content (AvgIpc) is 3.06. The molecule has 3 rings (SSSR count). The molecule has 1 aliphatic heterocycles. The molecule has 0 bridgehead atoms. The van der Waals surface area contributed by atoms with Gasteiger partial charge in [0.1, 0.15) is 0 Å². The molecule has 1 fully saturated rings. The lowest BCUT2D eigenvalue weighted by Crippen LogP contribution is -2.23. The first-order valence-corrected chi connectivity index (χ1v) is 7.06. The molecule has 0 atom stereocenters. The molecule has 0 spiro atoms. The van der Waals surface area contributed by atoms with Crippen LogP contribution in [0, 0.1) is 0 Å². The van der Waals surface area contributed by atoms with Gasteiger partial charge in [0.2, 0.25) is 5.95 Å². The molecule has 0 N–H and O–H groups in total. The third-order valence-corrected chi connectivity index (χ3v) is 3.60. The monoisotopic (exact) mass is 263 g/mol. The lowest BCUT2D eigenvalue weighted by molar-refractivity contribution is 0.112. The highest BCUT2D eigenvalue weighted by Crippen LogP contribution is 2.22. The number of fused-ring (bicyclic) bond motifs is 1. The van der Waals surface area contributed by atoms with Gasteiger partial charge in [-0.15, -0.1) is 0 Å². The van der Waals surface area contributed by atoms with E-state index in [0.29, 0.717) is 16.4 Å². The van der Waals surface area contributed by atoms with Crippen LogP contribution in [-0.2, 0) is 0 Å². The van der Waals surface area contributed by atoms with E-state index in [1.54, 1.807) is 10.7 Å². The van der Waals surface area contributed by atoms with E-state index < -0.39 is 0 Å². The van der Waals surface area contributed by atoms with Crippen molar-refractivity contribution in [3.05, 3.63) is 11.8 Å². The Kier molecular flexibility index (Phi) is 2.91. The van der Waals surface area contributed by atoms with Gasteiger partial charge in [-0.1, -0.05) is 11.8 Å². The van der Waals surface area contributed by atoms with Crippen molar-refractivity contribution in [2.24, 2.45) is 0 Å². The van der Waals surface area contributed by atoms with Crippen LogP contribution >= 0.6 is 11.8 Å². The van der Waals surface area contributed by atoms with Crippen molar-refractivity contribution in [3.8, 4) is 0 Å². The Bertz CT molecular complexity index is 590. The highest BCUT2D eigenvalue weighted by atomic mass is 32.2. The maximum Gasteiger partial charge on any atom is 0.231 e. The third-order valence-electron chi connectivity index (χ3n) is 3.06. The van der Waals surface area contributed by atoms with Crippen molar-refractivity contribution in [2.45, 2.75) is 18.0 Å². The third kappa shape index (κ3) is 1.74. The number of hydrogen-bond acceptors (Lipinski definition) is 6. The Morgan fingerprint density at radius 2 is 2.11 bits per heavy atom. The van der Waals surface area contributed by atoms with Crippen LogP contribution in [0.5, 0.6) is 0 Å². The van der Waals surface area contributed by atoms with Gasteiger partial charge < -0.3 is 4.90 Å². The zero-order chi connectivity index (χ0) is 12.5. The maximum absolute atomic E-state index is 11.0. The molecule has 18 heavy (non-hydrogen) atoms. The number of carbonyl (C=O) groups excluding carboxylic acids is 1. The normalized spacial score (nSPS) is 15.5. The van der Waals surface area contributed by atoms with Crippen molar-refractivity contribution in [3.63, 3.8) is 0 Å². The summed E-state index contributed by atoms with van der Waals surface area (Å²) in [5.74, 6) is 0.787. The summed E-state index contributed by atoms with van der Waals surface area (Å²) in [5, 5.41) is 4.89. The standard InChI is InChI=1S/C11H13N5OS/c1-18-10-13-9-8(7-17)6-12-16(9)11(14-10)15-4-2-3-5-15/h6-7H,2-5H2,1H3. The van der Waals surface area contributed by atoms with Crippen molar-refractivity contribution in [1.82, 2.24) is 19.6 Å². The van der Waals surface area contributed by atoms with E-state index >= 15 is 0 Å². The molecule has 0 saturated carbocycles. The van der Waals surface area contributed by atoms with Gasteiger partial charge in [0, 0.05) is 13.1 Å². The molecule has 0 aromatic carbocycles. The van der Waals surface area contributed by atoms with Crippen molar-refractivity contribution < 1.29 is 4.79 Å². The second-order valence-electron chi connectivity index (χ2n) is 4.16. The van der Waals surface area contributed by atoms with Gasteiger partial charge in [-0.3, -0.25) is 4.79 Å². The zero-order valence-corrected chi connectivity index (χ0v) is 10.9. The summed E-state index contributed by atoms with van der Waals surface area (Å²) in [5.41, 5.74) is 1.10. The number of carbonyl (C=O) groups is 1. The molecule has 3 heterocycles. The van der Waals surface area contributed by atoms with Gasteiger partial charge in [0.15, 0.2) is 17.1 Å². The van der Waals surface area contributed by atoms with E-state index in [9.17, 15) is 4.79 Å². The van der Waals surface area contributed by atoms with Crippen LogP contribution in [-0.4, -0.2) is 45.2 Å². The lowest BCUT2D eigenvalue weighted by atomic mass is 10.4. The largest absolute Gasteiger partial charge is 0.341 e. The first-order valence-electron chi connectivity index (χ1n) is 5.83. The first-order chi connectivity index (χ1) is 8.83. The fourth-order valence-corrected chi connectivity index (χ4v) is 2.51. The summed E-state index contributed by atoms with van der Waals surface area (Å²) in [6.07, 6.45) is 6.59. The van der Waals surface area contributed by atoms with Crippen LogP contribution in [0.15, 0.2) is 11.4 Å². The molecule has 7 heteroatoms. The molecule has 0 aliphatic carbocycles. The SMILES string of the molecule is CSc1nc(N2CCCC2)n2ncc(C=O)c2n1. The Morgan fingerprint density at radius 3 is 2.78 bits per heavy atom. The minimum Gasteiger partial charge on any atom is -0.341 e. The topological polar surface area (TPSA) is 63.4 Å². The number of aldehydes is 1. The van der Waals surface area contributed by atoms with Crippen molar-refractivity contribution in [1.29, 1.82) is 0 Å². The van der Waals surface area contributed by atoms with Crippen LogP contribution in [0.25, 0.3) is 5.65 Å². The summed E-state index contributed by atoms with van der Waals surface area (Å²) in [6, 6.07) is 0. The molecule has 0 radical (unpaired) electrons. The summed E-state index contributed by atoms with van der Waals surface area (Å²) in [7, 11) is 0. The summed E-state index contributed by atoms with van der Waals surface area (Å²) >= 11 is 1.47. The minimum atomic E-state index is 0.508.